The van der Waals surface area contributed by atoms with Crippen LogP contribution in [0.4, 0.5) is 5.69 Å². The molecule has 5 nitrogen and oxygen atoms in total. The summed E-state index contributed by atoms with van der Waals surface area (Å²) < 4.78 is 0. The number of carbonyl (C=O) groups excluding carboxylic acids is 2. The number of nitrogens with zero attached hydrogens (tertiary/aromatic N) is 2. The molecule has 1 N–H and O–H groups in total. The van der Waals surface area contributed by atoms with Gasteiger partial charge in [-0.25, -0.2) is 4.90 Å². The van der Waals surface area contributed by atoms with Crippen LogP contribution in [0.5, 0.6) is 0 Å². The van der Waals surface area contributed by atoms with Gasteiger partial charge in [-0.2, -0.15) is 0 Å². The Morgan fingerprint density at radius 3 is 1.97 bits per heavy atom. The third kappa shape index (κ3) is 1.85. The number of hydrogen-bond acceptors (Lipinski definition) is 4. The van der Waals surface area contributed by atoms with Crippen molar-refractivity contribution in [2.24, 2.45) is 17.0 Å². The van der Waals surface area contributed by atoms with Crippen LogP contribution in [0.1, 0.15) is 28.2 Å². The van der Waals surface area contributed by atoms with E-state index in [1.807, 2.05) is 66.7 Å². The van der Waals surface area contributed by atoms with E-state index in [0.717, 1.165) is 22.3 Å². The summed E-state index contributed by atoms with van der Waals surface area (Å²) >= 11 is 0. The first-order valence-electron chi connectivity index (χ1n) is 10.0. The maximum Gasteiger partial charge on any atom is 0.239 e. The van der Waals surface area contributed by atoms with E-state index in [1.54, 1.807) is 12.1 Å². The normalized spacial score (nSPS) is 28.5. The highest BCUT2D eigenvalue weighted by atomic mass is 16.4. The lowest BCUT2D eigenvalue weighted by molar-refractivity contribution is -0.122. The van der Waals surface area contributed by atoms with Crippen LogP contribution in [-0.4, -0.2) is 23.2 Å². The summed E-state index contributed by atoms with van der Waals surface area (Å²) in [7, 11) is 0. The molecule has 3 aromatic rings. The molecule has 3 aromatic carbocycles. The molecule has 2 amide bonds. The van der Waals surface area contributed by atoms with Gasteiger partial charge in [-0.15, -0.1) is 5.16 Å². The van der Waals surface area contributed by atoms with E-state index >= 15 is 0 Å². The molecule has 30 heavy (non-hydrogen) atoms. The predicted octanol–water partition coefficient (Wildman–Crippen LogP) is 3.70. The van der Waals surface area contributed by atoms with Crippen molar-refractivity contribution in [2.45, 2.75) is 11.3 Å². The van der Waals surface area contributed by atoms with Crippen LogP contribution in [0.15, 0.2) is 84.0 Å². The molecule has 5 heteroatoms. The summed E-state index contributed by atoms with van der Waals surface area (Å²) in [6, 6.07) is 24.8. The number of para-hydroxylation sites is 1. The molecule has 1 heterocycles. The van der Waals surface area contributed by atoms with Crippen molar-refractivity contribution in [3.8, 4) is 0 Å². The third-order valence-electron chi connectivity index (χ3n) is 6.96. The predicted molar refractivity (Wildman–Crippen MR) is 112 cm³/mol. The number of imide groups is 1. The van der Waals surface area contributed by atoms with E-state index in [0.29, 0.717) is 5.69 Å². The Balaban J connectivity index is 1.68. The van der Waals surface area contributed by atoms with Crippen molar-refractivity contribution in [1.82, 2.24) is 0 Å². The molecule has 4 aliphatic rings. The van der Waals surface area contributed by atoms with Gasteiger partial charge in [0.2, 0.25) is 11.8 Å². The number of benzene rings is 3. The Hall–Kier alpha value is -3.73. The first-order valence-corrected chi connectivity index (χ1v) is 10.0. The maximum absolute atomic E-state index is 13.8. The second-order valence-corrected chi connectivity index (χ2v) is 8.12. The zero-order valence-corrected chi connectivity index (χ0v) is 16.0. The smallest absolute Gasteiger partial charge is 0.239 e. The van der Waals surface area contributed by atoms with E-state index in [1.165, 1.54) is 11.1 Å². The topological polar surface area (TPSA) is 70.0 Å². The van der Waals surface area contributed by atoms with Gasteiger partial charge in [-0.3, -0.25) is 9.59 Å². The summed E-state index contributed by atoms with van der Waals surface area (Å²) in [4.78, 5) is 28.8. The number of oxime groups is 1. The van der Waals surface area contributed by atoms with Crippen molar-refractivity contribution < 1.29 is 14.8 Å². The Bertz CT molecular complexity index is 1190. The van der Waals surface area contributed by atoms with E-state index in [-0.39, 0.29) is 17.7 Å². The van der Waals surface area contributed by atoms with Crippen LogP contribution in [-0.2, 0) is 15.0 Å². The van der Waals surface area contributed by atoms with Gasteiger partial charge in [-0.1, -0.05) is 66.7 Å². The standard InChI is InChI=1S/C25H18N2O3/c28-23-21-20-16-10-4-6-12-18(16)25(14-26-30,19-13-7-5-11-17(19)20)22(21)24(29)27(23)15-8-2-1-3-9-15/h1-14,20-22,30H/b26-14-/t20?,21-,22+,25?/m0/s1. The summed E-state index contributed by atoms with van der Waals surface area (Å²) in [6.45, 7) is 0. The van der Waals surface area contributed by atoms with Gasteiger partial charge in [0, 0.05) is 5.92 Å². The van der Waals surface area contributed by atoms with Crippen molar-refractivity contribution >= 4 is 23.7 Å². The largest absolute Gasteiger partial charge is 0.411 e. The second-order valence-electron chi connectivity index (χ2n) is 8.12. The zero-order valence-electron chi connectivity index (χ0n) is 16.0. The minimum absolute atomic E-state index is 0.194. The molecule has 146 valence electrons. The molecule has 1 aliphatic heterocycles. The Morgan fingerprint density at radius 1 is 0.800 bits per heavy atom. The van der Waals surface area contributed by atoms with Crippen molar-refractivity contribution in [1.29, 1.82) is 0 Å². The van der Waals surface area contributed by atoms with Crippen LogP contribution in [0, 0.1) is 11.8 Å². The number of rotatable bonds is 2. The molecule has 1 saturated heterocycles. The monoisotopic (exact) mass is 394 g/mol. The number of amides is 2. The van der Waals surface area contributed by atoms with Gasteiger partial charge in [0.05, 0.1) is 29.2 Å². The first-order chi connectivity index (χ1) is 14.7. The van der Waals surface area contributed by atoms with Crippen LogP contribution in [0.25, 0.3) is 0 Å². The third-order valence-corrected chi connectivity index (χ3v) is 6.96. The van der Waals surface area contributed by atoms with Gasteiger partial charge in [-0.05, 0) is 34.4 Å². The average molecular weight is 394 g/mol. The Morgan fingerprint density at radius 2 is 1.37 bits per heavy atom. The second kappa shape index (κ2) is 5.89. The molecule has 2 atom stereocenters. The molecule has 3 aliphatic carbocycles. The quantitative estimate of drug-likeness (QED) is 0.312. The van der Waals surface area contributed by atoms with Crippen molar-refractivity contribution in [2.75, 3.05) is 4.90 Å². The van der Waals surface area contributed by atoms with Gasteiger partial charge in [0.1, 0.15) is 0 Å². The lowest BCUT2D eigenvalue weighted by atomic mass is 9.47. The van der Waals surface area contributed by atoms with Gasteiger partial charge in [0.25, 0.3) is 0 Å². The highest BCUT2D eigenvalue weighted by molar-refractivity contribution is 6.25. The number of carbonyl (C=O) groups is 2. The zero-order chi connectivity index (χ0) is 20.5. The van der Waals surface area contributed by atoms with Crippen molar-refractivity contribution in [3.05, 3.63) is 101 Å². The minimum Gasteiger partial charge on any atom is -0.411 e. The summed E-state index contributed by atoms with van der Waals surface area (Å²) in [5.74, 6) is -1.84. The summed E-state index contributed by atoms with van der Waals surface area (Å²) in [6.07, 6.45) is 1.46. The number of anilines is 1. The van der Waals surface area contributed by atoms with Gasteiger partial charge >= 0.3 is 0 Å². The van der Waals surface area contributed by atoms with Crippen LogP contribution in [0.2, 0.25) is 0 Å². The molecule has 2 bridgehead atoms. The van der Waals surface area contributed by atoms with Crippen LogP contribution < -0.4 is 4.90 Å². The van der Waals surface area contributed by atoms with Gasteiger partial charge < -0.3 is 5.21 Å². The highest BCUT2D eigenvalue weighted by Gasteiger charge is 2.68. The molecule has 7 rings (SSSR count). The molecule has 0 unspecified atom stereocenters. The first kappa shape index (κ1) is 17.2. The molecule has 0 radical (unpaired) electrons. The van der Waals surface area contributed by atoms with Gasteiger partial charge in [0.15, 0.2) is 0 Å². The fourth-order valence-electron chi connectivity index (χ4n) is 5.97. The number of hydrogen-bond donors (Lipinski definition) is 1. The minimum atomic E-state index is -0.988. The lowest BCUT2D eigenvalue weighted by Crippen LogP contribution is -2.54. The van der Waals surface area contributed by atoms with Crippen LogP contribution in [0.3, 0.4) is 0 Å². The maximum atomic E-state index is 13.8. The van der Waals surface area contributed by atoms with E-state index in [4.69, 9.17) is 0 Å². The van der Waals surface area contributed by atoms with E-state index < -0.39 is 17.3 Å². The van der Waals surface area contributed by atoms with E-state index in [2.05, 4.69) is 5.16 Å². The molecular formula is C25H18N2O3. The molecular weight excluding hydrogens is 376 g/mol. The van der Waals surface area contributed by atoms with Crippen LogP contribution >= 0.6 is 0 Å². The fraction of sp³-hybridized carbons (Fsp3) is 0.160. The van der Waals surface area contributed by atoms with Crippen molar-refractivity contribution in [3.63, 3.8) is 0 Å². The lowest BCUT2D eigenvalue weighted by Gasteiger charge is -2.52. The van der Waals surface area contributed by atoms with E-state index in [9.17, 15) is 14.8 Å². The summed E-state index contributed by atoms with van der Waals surface area (Å²) in [5.41, 5.74) is 3.50. The Labute approximate surface area is 173 Å². The molecule has 0 saturated carbocycles. The molecule has 0 spiro atoms. The highest BCUT2D eigenvalue weighted by Crippen LogP contribution is 2.63. The molecule has 0 aromatic heterocycles. The molecule has 1 fully saturated rings. The SMILES string of the molecule is O=C1[C@H]2C3c4ccccc4C(/C=N\O)(c4ccccc43)[C@H]2C(=O)N1c1ccccc1. The Kier molecular flexibility index (Phi) is 3.37. The average Bonchev–Trinajstić information content (AvgIpc) is 3.06. The fourth-order valence-corrected chi connectivity index (χ4v) is 5.97. The summed E-state index contributed by atoms with van der Waals surface area (Å²) in [5, 5.41) is 13.1.